The molecule has 20 heavy (non-hydrogen) atoms. The second kappa shape index (κ2) is 6.62. The van der Waals surface area contributed by atoms with E-state index in [2.05, 4.69) is 31.3 Å². The monoisotopic (exact) mass is 293 g/mol. The van der Waals surface area contributed by atoms with Crippen LogP contribution in [0.4, 0.5) is 0 Å². The fourth-order valence-electron chi connectivity index (χ4n) is 3.13. The summed E-state index contributed by atoms with van der Waals surface area (Å²) in [7, 11) is 0. The number of amides is 1. The third-order valence-corrected chi connectivity index (χ3v) is 4.49. The van der Waals surface area contributed by atoms with Gasteiger partial charge in [0.2, 0.25) is 5.91 Å². The van der Waals surface area contributed by atoms with Gasteiger partial charge in [-0.15, -0.1) is 0 Å². The highest BCUT2D eigenvalue weighted by atomic mass is 35.5. The van der Waals surface area contributed by atoms with Crippen molar-refractivity contribution in [2.75, 3.05) is 6.54 Å². The van der Waals surface area contributed by atoms with Crippen LogP contribution in [0.5, 0.6) is 0 Å². The van der Waals surface area contributed by atoms with Crippen LogP contribution in [0.2, 0.25) is 5.02 Å². The van der Waals surface area contributed by atoms with Gasteiger partial charge in [0.25, 0.3) is 0 Å². The number of nitrogens with one attached hydrogen (secondary N) is 1. The van der Waals surface area contributed by atoms with E-state index in [9.17, 15) is 4.79 Å². The lowest BCUT2D eigenvalue weighted by molar-refractivity contribution is -0.122. The van der Waals surface area contributed by atoms with Gasteiger partial charge >= 0.3 is 0 Å². The molecule has 1 fully saturated rings. The number of hydrogen-bond donors (Lipinski definition) is 1. The Morgan fingerprint density at radius 2 is 1.85 bits per heavy atom. The molecule has 110 valence electrons. The van der Waals surface area contributed by atoms with Gasteiger partial charge < -0.3 is 5.32 Å². The molecule has 0 atom stereocenters. The highest BCUT2D eigenvalue weighted by Gasteiger charge is 2.35. The molecule has 1 aliphatic carbocycles. The molecule has 1 aliphatic rings. The van der Waals surface area contributed by atoms with Gasteiger partial charge in [-0.1, -0.05) is 50.4 Å². The van der Waals surface area contributed by atoms with Crippen molar-refractivity contribution in [3.05, 3.63) is 34.9 Å². The van der Waals surface area contributed by atoms with Crippen molar-refractivity contribution in [1.29, 1.82) is 0 Å². The summed E-state index contributed by atoms with van der Waals surface area (Å²) in [5.41, 5.74) is 1.42. The maximum absolute atomic E-state index is 11.9. The summed E-state index contributed by atoms with van der Waals surface area (Å²) in [5.74, 6) is 0.574. The molecule has 0 aliphatic heterocycles. The van der Waals surface area contributed by atoms with Crippen LogP contribution >= 0.6 is 11.6 Å². The minimum Gasteiger partial charge on any atom is -0.355 e. The Morgan fingerprint density at radius 3 is 2.40 bits per heavy atom. The average molecular weight is 294 g/mol. The van der Waals surface area contributed by atoms with Crippen molar-refractivity contribution in [2.24, 2.45) is 5.92 Å². The molecule has 3 heteroatoms. The molecule has 0 bridgehead atoms. The predicted octanol–water partition coefficient (Wildman–Crippen LogP) is 4.31. The lowest BCUT2D eigenvalue weighted by Crippen LogP contribution is -2.39. The Labute approximate surface area is 126 Å². The van der Waals surface area contributed by atoms with Gasteiger partial charge in [-0.2, -0.15) is 0 Å². The predicted molar refractivity (Wildman–Crippen MR) is 84.1 cm³/mol. The molecule has 1 N–H and O–H groups in total. The number of halogens is 1. The van der Waals surface area contributed by atoms with E-state index in [-0.39, 0.29) is 11.3 Å². The van der Waals surface area contributed by atoms with Crippen molar-refractivity contribution < 1.29 is 4.79 Å². The van der Waals surface area contributed by atoms with Gasteiger partial charge in [-0.05, 0) is 36.5 Å². The summed E-state index contributed by atoms with van der Waals surface area (Å²) < 4.78 is 0. The van der Waals surface area contributed by atoms with Crippen LogP contribution in [0.1, 0.15) is 51.5 Å². The van der Waals surface area contributed by atoms with Crippen LogP contribution in [-0.4, -0.2) is 12.5 Å². The molecule has 2 rings (SSSR count). The largest absolute Gasteiger partial charge is 0.355 e. The first-order valence-electron chi connectivity index (χ1n) is 7.55. The lowest BCUT2D eigenvalue weighted by Gasteiger charge is -2.30. The van der Waals surface area contributed by atoms with E-state index in [1.54, 1.807) is 0 Å². The van der Waals surface area contributed by atoms with Gasteiger partial charge in [0.15, 0.2) is 0 Å². The molecule has 0 unspecified atom stereocenters. The smallest absolute Gasteiger partial charge is 0.220 e. The molecule has 0 heterocycles. The Kier molecular flexibility index (Phi) is 5.09. The summed E-state index contributed by atoms with van der Waals surface area (Å²) in [6, 6.07) is 8.13. The van der Waals surface area contributed by atoms with E-state index in [0.29, 0.717) is 12.3 Å². The summed E-state index contributed by atoms with van der Waals surface area (Å²) >= 11 is 5.98. The molecule has 2 nitrogen and oxygen atoms in total. The van der Waals surface area contributed by atoms with E-state index >= 15 is 0 Å². The maximum atomic E-state index is 11.9. The van der Waals surface area contributed by atoms with Gasteiger partial charge in [0.1, 0.15) is 0 Å². The molecule has 1 aromatic carbocycles. The Morgan fingerprint density at radius 1 is 1.25 bits per heavy atom. The van der Waals surface area contributed by atoms with E-state index < -0.39 is 0 Å². The zero-order chi connectivity index (χ0) is 14.6. The number of hydrogen-bond acceptors (Lipinski definition) is 1. The summed E-state index contributed by atoms with van der Waals surface area (Å²) in [5, 5.41) is 3.91. The fraction of sp³-hybridized carbons (Fsp3) is 0.588. The van der Waals surface area contributed by atoms with Crippen LogP contribution in [0.25, 0.3) is 0 Å². The van der Waals surface area contributed by atoms with Crippen molar-refractivity contribution in [2.45, 2.75) is 51.4 Å². The third-order valence-electron chi connectivity index (χ3n) is 4.23. The zero-order valence-electron chi connectivity index (χ0n) is 12.4. The molecule has 0 radical (unpaired) electrons. The van der Waals surface area contributed by atoms with Crippen LogP contribution in [-0.2, 0) is 10.2 Å². The fourth-order valence-corrected chi connectivity index (χ4v) is 3.26. The molecule has 0 aromatic heterocycles. The van der Waals surface area contributed by atoms with Crippen LogP contribution < -0.4 is 5.32 Å². The second-order valence-electron chi connectivity index (χ2n) is 6.37. The van der Waals surface area contributed by atoms with Gasteiger partial charge in [0, 0.05) is 23.4 Å². The van der Waals surface area contributed by atoms with Crippen LogP contribution in [0.3, 0.4) is 0 Å². The number of carbonyl (C=O) groups is 1. The molecular formula is C17H24ClNO. The quantitative estimate of drug-likeness (QED) is 0.861. The number of rotatable bonds is 5. The molecule has 0 spiro atoms. The molecule has 1 aromatic rings. The van der Waals surface area contributed by atoms with Gasteiger partial charge in [0.05, 0.1) is 0 Å². The average Bonchev–Trinajstić information content (AvgIpc) is 2.86. The first-order valence-corrected chi connectivity index (χ1v) is 7.92. The SMILES string of the molecule is CC(C)CC(=O)NCC1(c2ccc(Cl)cc2)CCCC1. The first kappa shape index (κ1) is 15.4. The highest BCUT2D eigenvalue weighted by Crippen LogP contribution is 2.40. The van der Waals surface area contributed by atoms with Crippen LogP contribution in [0, 0.1) is 5.92 Å². The highest BCUT2D eigenvalue weighted by molar-refractivity contribution is 6.30. The summed E-state index contributed by atoms with van der Waals surface area (Å²) in [4.78, 5) is 11.9. The van der Waals surface area contributed by atoms with Gasteiger partial charge in [-0.3, -0.25) is 4.79 Å². The number of benzene rings is 1. The third kappa shape index (κ3) is 3.76. The van der Waals surface area contributed by atoms with Crippen molar-refractivity contribution in [3.8, 4) is 0 Å². The lowest BCUT2D eigenvalue weighted by atomic mass is 9.79. The van der Waals surface area contributed by atoms with Crippen molar-refractivity contribution in [1.82, 2.24) is 5.32 Å². The zero-order valence-corrected chi connectivity index (χ0v) is 13.2. The summed E-state index contributed by atoms with van der Waals surface area (Å²) in [6.45, 7) is 4.90. The normalized spacial score (nSPS) is 17.4. The Bertz CT molecular complexity index is 447. The topological polar surface area (TPSA) is 29.1 Å². The summed E-state index contributed by atoms with van der Waals surface area (Å²) in [6.07, 6.45) is 5.38. The molecular weight excluding hydrogens is 270 g/mol. The minimum atomic E-state index is 0.108. The van der Waals surface area contributed by atoms with E-state index in [0.717, 1.165) is 24.4 Å². The minimum absolute atomic E-state index is 0.108. The van der Waals surface area contributed by atoms with E-state index in [1.807, 2.05) is 12.1 Å². The van der Waals surface area contributed by atoms with Crippen molar-refractivity contribution >= 4 is 17.5 Å². The Hall–Kier alpha value is -1.02. The first-order chi connectivity index (χ1) is 9.52. The molecule has 1 saturated carbocycles. The number of carbonyl (C=O) groups excluding carboxylic acids is 1. The maximum Gasteiger partial charge on any atom is 0.220 e. The van der Waals surface area contributed by atoms with E-state index in [1.165, 1.54) is 18.4 Å². The van der Waals surface area contributed by atoms with Crippen molar-refractivity contribution in [3.63, 3.8) is 0 Å². The van der Waals surface area contributed by atoms with Crippen LogP contribution in [0.15, 0.2) is 24.3 Å². The second-order valence-corrected chi connectivity index (χ2v) is 6.81. The molecule has 1 amide bonds. The van der Waals surface area contributed by atoms with E-state index in [4.69, 9.17) is 11.6 Å². The standard InChI is InChI=1S/C17H24ClNO/c1-13(2)11-16(20)19-12-17(9-3-4-10-17)14-5-7-15(18)8-6-14/h5-8,13H,3-4,9-12H2,1-2H3,(H,19,20). The van der Waals surface area contributed by atoms with Gasteiger partial charge in [-0.25, -0.2) is 0 Å². The Balaban J connectivity index is 2.06. The molecule has 0 saturated heterocycles.